The van der Waals surface area contributed by atoms with Gasteiger partial charge in [-0.15, -0.1) is 11.3 Å². The summed E-state index contributed by atoms with van der Waals surface area (Å²) in [6.07, 6.45) is 1.54. The molecule has 0 unspecified atom stereocenters. The van der Waals surface area contributed by atoms with Crippen molar-refractivity contribution in [2.45, 2.75) is 20.1 Å². The SMILES string of the molecule is Cc1nc(COc2cccc(C(=O)N(CC(=O)Nc3ccccc3)Cc3ccco3)c2)cs1. The van der Waals surface area contributed by atoms with Crippen molar-refractivity contribution < 1.29 is 18.7 Å². The molecule has 0 bridgehead atoms. The second-order valence-corrected chi connectivity index (χ2v) is 8.39. The van der Waals surface area contributed by atoms with Crippen LogP contribution in [0.5, 0.6) is 5.75 Å². The van der Waals surface area contributed by atoms with Gasteiger partial charge in [0.1, 0.15) is 24.7 Å². The lowest BCUT2D eigenvalue weighted by molar-refractivity contribution is -0.117. The maximum Gasteiger partial charge on any atom is 0.254 e. The zero-order valence-electron chi connectivity index (χ0n) is 18.1. The number of carbonyl (C=O) groups excluding carboxylic acids is 2. The van der Waals surface area contributed by atoms with Crippen molar-refractivity contribution in [3.63, 3.8) is 0 Å². The van der Waals surface area contributed by atoms with Gasteiger partial charge >= 0.3 is 0 Å². The minimum atomic E-state index is -0.301. The van der Waals surface area contributed by atoms with Crippen molar-refractivity contribution in [1.29, 1.82) is 0 Å². The van der Waals surface area contributed by atoms with Crippen LogP contribution in [0, 0.1) is 6.92 Å². The first-order valence-electron chi connectivity index (χ1n) is 10.4. The van der Waals surface area contributed by atoms with Crippen molar-refractivity contribution >= 4 is 28.8 Å². The van der Waals surface area contributed by atoms with E-state index < -0.39 is 0 Å². The maximum absolute atomic E-state index is 13.3. The standard InChI is InChI=1S/C25H23N3O4S/c1-18-26-21(17-33-18)16-32-22-10-5-7-19(13-22)25(30)28(14-23-11-6-12-31-23)15-24(29)27-20-8-3-2-4-9-20/h2-13,17H,14-16H2,1H3,(H,27,29). The van der Waals surface area contributed by atoms with E-state index in [0.717, 1.165) is 10.7 Å². The summed E-state index contributed by atoms with van der Waals surface area (Å²) in [7, 11) is 0. The summed E-state index contributed by atoms with van der Waals surface area (Å²) >= 11 is 1.56. The Bertz CT molecular complexity index is 1210. The van der Waals surface area contributed by atoms with E-state index in [1.165, 1.54) is 11.2 Å². The molecule has 0 atom stereocenters. The van der Waals surface area contributed by atoms with Gasteiger partial charge in [-0.3, -0.25) is 9.59 Å². The highest BCUT2D eigenvalue weighted by Gasteiger charge is 2.21. The first-order chi connectivity index (χ1) is 16.1. The molecule has 0 aliphatic rings. The van der Waals surface area contributed by atoms with E-state index in [2.05, 4.69) is 10.3 Å². The Morgan fingerprint density at radius 3 is 2.67 bits per heavy atom. The Kier molecular flexibility index (Phi) is 7.16. The van der Waals surface area contributed by atoms with Crippen LogP contribution < -0.4 is 10.1 Å². The molecule has 0 saturated carbocycles. The Morgan fingerprint density at radius 2 is 1.94 bits per heavy atom. The third-order valence-electron chi connectivity index (χ3n) is 4.74. The predicted molar refractivity (Wildman–Crippen MR) is 126 cm³/mol. The first-order valence-corrected chi connectivity index (χ1v) is 11.3. The number of nitrogens with zero attached hydrogens (tertiary/aromatic N) is 2. The molecular formula is C25H23N3O4S. The largest absolute Gasteiger partial charge is 0.487 e. The van der Waals surface area contributed by atoms with E-state index in [1.54, 1.807) is 59.9 Å². The summed E-state index contributed by atoms with van der Waals surface area (Å²) in [5, 5.41) is 5.73. The molecule has 0 spiro atoms. The summed E-state index contributed by atoms with van der Waals surface area (Å²) in [5.41, 5.74) is 1.92. The number of para-hydroxylation sites is 1. The third-order valence-corrected chi connectivity index (χ3v) is 5.56. The van der Waals surface area contributed by atoms with Crippen LogP contribution in [0.25, 0.3) is 0 Å². The van der Waals surface area contributed by atoms with Gasteiger partial charge in [0, 0.05) is 16.6 Å². The van der Waals surface area contributed by atoms with Crippen LogP contribution >= 0.6 is 11.3 Å². The minimum absolute atomic E-state index is 0.127. The lowest BCUT2D eigenvalue weighted by Gasteiger charge is -2.21. The maximum atomic E-state index is 13.3. The normalized spacial score (nSPS) is 10.6. The molecule has 2 heterocycles. The molecule has 4 aromatic rings. The van der Waals surface area contributed by atoms with Gasteiger partial charge in [0.05, 0.1) is 23.5 Å². The van der Waals surface area contributed by atoms with Crippen LogP contribution in [-0.2, 0) is 17.9 Å². The van der Waals surface area contributed by atoms with Crippen LogP contribution in [0.15, 0.2) is 82.8 Å². The van der Waals surface area contributed by atoms with Gasteiger partial charge in [-0.1, -0.05) is 24.3 Å². The molecule has 33 heavy (non-hydrogen) atoms. The molecule has 4 rings (SSSR count). The van der Waals surface area contributed by atoms with Crippen molar-refractivity contribution in [2.75, 3.05) is 11.9 Å². The highest BCUT2D eigenvalue weighted by molar-refractivity contribution is 7.09. The molecule has 2 aromatic heterocycles. The molecule has 7 nitrogen and oxygen atoms in total. The number of thiazole rings is 1. The number of amides is 2. The fraction of sp³-hybridized carbons (Fsp3) is 0.160. The van der Waals surface area contributed by atoms with Crippen LogP contribution in [-0.4, -0.2) is 28.2 Å². The summed E-state index contributed by atoms with van der Waals surface area (Å²) in [6.45, 7) is 2.29. The van der Waals surface area contributed by atoms with Crippen LogP contribution in [0.3, 0.4) is 0 Å². The third kappa shape index (κ3) is 6.30. The summed E-state index contributed by atoms with van der Waals surface area (Å²) < 4.78 is 11.2. The molecule has 8 heteroatoms. The van der Waals surface area contributed by atoms with Crippen molar-refractivity contribution in [1.82, 2.24) is 9.88 Å². The number of hydrogen-bond acceptors (Lipinski definition) is 6. The number of ether oxygens (including phenoxy) is 1. The van der Waals surface area contributed by atoms with Gasteiger partial charge in [0.15, 0.2) is 0 Å². The highest BCUT2D eigenvalue weighted by atomic mass is 32.1. The number of hydrogen-bond donors (Lipinski definition) is 1. The Hall–Kier alpha value is -3.91. The number of furan rings is 1. The quantitative estimate of drug-likeness (QED) is 0.383. The number of carbonyl (C=O) groups is 2. The lowest BCUT2D eigenvalue weighted by Crippen LogP contribution is -2.37. The first kappa shape index (κ1) is 22.3. The van der Waals surface area contributed by atoms with Crippen molar-refractivity contribution in [3.8, 4) is 5.75 Å². The average molecular weight is 462 g/mol. The molecule has 2 amide bonds. The zero-order valence-corrected chi connectivity index (χ0v) is 18.9. The second kappa shape index (κ2) is 10.6. The number of anilines is 1. The van der Waals surface area contributed by atoms with Gasteiger partial charge in [0.25, 0.3) is 5.91 Å². The van der Waals surface area contributed by atoms with Gasteiger partial charge in [-0.2, -0.15) is 0 Å². The Morgan fingerprint density at radius 1 is 1.09 bits per heavy atom. The van der Waals surface area contributed by atoms with E-state index in [4.69, 9.17) is 9.15 Å². The number of nitrogens with one attached hydrogen (secondary N) is 1. The molecule has 0 fully saturated rings. The molecule has 1 N–H and O–H groups in total. The number of benzene rings is 2. The molecular weight excluding hydrogens is 438 g/mol. The smallest absolute Gasteiger partial charge is 0.254 e. The molecule has 0 saturated heterocycles. The summed E-state index contributed by atoms with van der Waals surface area (Å²) in [5.74, 6) is 0.539. The van der Waals surface area contributed by atoms with E-state index in [9.17, 15) is 9.59 Å². The van der Waals surface area contributed by atoms with E-state index >= 15 is 0 Å². The van der Waals surface area contributed by atoms with E-state index in [1.807, 2.05) is 30.5 Å². The molecule has 0 aliphatic heterocycles. The molecule has 2 aromatic carbocycles. The fourth-order valence-corrected chi connectivity index (χ4v) is 3.82. The van der Waals surface area contributed by atoms with Crippen molar-refractivity contribution in [3.05, 3.63) is 100 Å². The van der Waals surface area contributed by atoms with E-state index in [0.29, 0.717) is 29.4 Å². The van der Waals surface area contributed by atoms with Gasteiger partial charge in [0.2, 0.25) is 5.91 Å². The number of rotatable bonds is 9. The highest BCUT2D eigenvalue weighted by Crippen LogP contribution is 2.19. The van der Waals surface area contributed by atoms with Crippen LogP contribution in [0.4, 0.5) is 5.69 Å². The summed E-state index contributed by atoms with van der Waals surface area (Å²) in [4.78, 5) is 31.8. The lowest BCUT2D eigenvalue weighted by atomic mass is 10.1. The molecule has 168 valence electrons. The fourth-order valence-electron chi connectivity index (χ4n) is 3.22. The zero-order chi connectivity index (χ0) is 23.0. The minimum Gasteiger partial charge on any atom is -0.487 e. The molecule has 0 aliphatic carbocycles. The second-order valence-electron chi connectivity index (χ2n) is 7.33. The number of aryl methyl sites for hydroxylation is 1. The summed E-state index contributed by atoms with van der Waals surface area (Å²) in [6, 6.07) is 19.5. The van der Waals surface area contributed by atoms with Crippen LogP contribution in [0.2, 0.25) is 0 Å². The average Bonchev–Trinajstić information content (AvgIpc) is 3.49. The van der Waals surface area contributed by atoms with Crippen LogP contribution in [0.1, 0.15) is 26.8 Å². The van der Waals surface area contributed by atoms with Gasteiger partial charge < -0.3 is 19.4 Å². The predicted octanol–water partition coefficient (Wildman–Crippen LogP) is 4.90. The Balaban J connectivity index is 1.47. The monoisotopic (exact) mass is 461 g/mol. The van der Waals surface area contributed by atoms with Gasteiger partial charge in [-0.05, 0) is 49.4 Å². The number of aromatic nitrogens is 1. The topological polar surface area (TPSA) is 84.7 Å². The molecule has 0 radical (unpaired) electrons. The Labute approximate surface area is 195 Å². The van der Waals surface area contributed by atoms with Gasteiger partial charge in [-0.25, -0.2) is 4.98 Å². The van der Waals surface area contributed by atoms with E-state index in [-0.39, 0.29) is 24.9 Å². The van der Waals surface area contributed by atoms with Crippen molar-refractivity contribution in [2.24, 2.45) is 0 Å².